The van der Waals surface area contributed by atoms with Gasteiger partial charge in [-0.15, -0.1) is 0 Å². The van der Waals surface area contributed by atoms with Crippen LogP contribution in [0, 0.1) is 6.92 Å². The molecule has 4 heterocycles. The number of aryl methyl sites for hydroxylation is 2. The standard InChI is InChI=1S/C18H23N5O2/c1-12-16(23-10-4-6-15(23)20-17(12)24)13-5-3-9-22(11-13)18(25)14-7-8-19-21(14)2/h7-8,13H,3-6,9-11H2,1-2H3/t13-/m1/s1. The minimum atomic E-state index is -0.113. The Bertz CT molecular complexity index is 882. The van der Waals surface area contributed by atoms with E-state index in [-0.39, 0.29) is 17.4 Å². The summed E-state index contributed by atoms with van der Waals surface area (Å²) in [6.45, 7) is 4.19. The molecule has 0 radical (unpaired) electrons. The maximum Gasteiger partial charge on any atom is 0.276 e. The van der Waals surface area contributed by atoms with Gasteiger partial charge < -0.3 is 9.47 Å². The van der Waals surface area contributed by atoms with Gasteiger partial charge in [-0.2, -0.15) is 10.1 Å². The molecule has 0 aromatic carbocycles. The van der Waals surface area contributed by atoms with Crippen LogP contribution in [0.2, 0.25) is 0 Å². The fraction of sp³-hybridized carbons (Fsp3) is 0.556. The van der Waals surface area contributed by atoms with Gasteiger partial charge in [0.15, 0.2) is 0 Å². The van der Waals surface area contributed by atoms with E-state index in [4.69, 9.17) is 0 Å². The van der Waals surface area contributed by atoms with Gasteiger partial charge >= 0.3 is 0 Å². The Labute approximate surface area is 146 Å². The molecular weight excluding hydrogens is 318 g/mol. The topological polar surface area (TPSA) is 73.0 Å². The maximum atomic E-state index is 12.8. The number of carbonyl (C=O) groups is 1. The second kappa shape index (κ2) is 6.13. The summed E-state index contributed by atoms with van der Waals surface area (Å²) in [5.41, 5.74) is 2.33. The summed E-state index contributed by atoms with van der Waals surface area (Å²) in [6, 6.07) is 1.76. The van der Waals surface area contributed by atoms with Crippen molar-refractivity contribution in [1.82, 2.24) is 24.2 Å². The van der Waals surface area contributed by atoms with Crippen LogP contribution in [0.5, 0.6) is 0 Å². The quantitative estimate of drug-likeness (QED) is 0.824. The predicted octanol–water partition coefficient (Wildman–Crippen LogP) is 1.25. The van der Waals surface area contributed by atoms with E-state index >= 15 is 0 Å². The van der Waals surface area contributed by atoms with Gasteiger partial charge in [-0.05, 0) is 32.3 Å². The highest BCUT2D eigenvalue weighted by Crippen LogP contribution is 2.31. The summed E-state index contributed by atoms with van der Waals surface area (Å²) in [4.78, 5) is 31.2. The molecule has 0 N–H and O–H groups in total. The summed E-state index contributed by atoms with van der Waals surface area (Å²) in [5, 5.41) is 4.10. The number of rotatable bonds is 2. The first-order valence-electron chi connectivity index (χ1n) is 8.93. The van der Waals surface area contributed by atoms with Crippen LogP contribution in [0.25, 0.3) is 0 Å². The molecule has 0 aliphatic carbocycles. The lowest BCUT2D eigenvalue weighted by molar-refractivity contribution is 0.0693. The van der Waals surface area contributed by atoms with Crippen LogP contribution in [-0.2, 0) is 20.0 Å². The molecule has 0 bridgehead atoms. The van der Waals surface area contributed by atoms with Crippen LogP contribution in [0.4, 0.5) is 0 Å². The van der Waals surface area contributed by atoms with Crippen molar-refractivity contribution < 1.29 is 4.79 Å². The molecular formula is C18H23N5O2. The number of amides is 1. The smallest absolute Gasteiger partial charge is 0.276 e. The average Bonchev–Trinajstić information content (AvgIpc) is 3.24. The summed E-state index contributed by atoms with van der Waals surface area (Å²) in [7, 11) is 1.79. The zero-order chi connectivity index (χ0) is 17.6. The Kier molecular flexibility index (Phi) is 3.94. The molecule has 1 fully saturated rings. The number of nitrogens with zero attached hydrogens (tertiary/aromatic N) is 5. The van der Waals surface area contributed by atoms with E-state index in [0.29, 0.717) is 12.2 Å². The van der Waals surface area contributed by atoms with E-state index in [2.05, 4.69) is 14.6 Å². The molecule has 132 valence electrons. The number of piperidine rings is 1. The van der Waals surface area contributed by atoms with Crippen LogP contribution in [0.3, 0.4) is 0 Å². The molecule has 2 aromatic heterocycles. The Hall–Kier alpha value is -2.44. The largest absolute Gasteiger partial charge is 0.337 e. The van der Waals surface area contributed by atoms with Gasteiger partial charge in [0.05, 0.1) is 0 Å². The van der Waals surface area contributed by atoms with Crippen LogP contribution < -0.4 is 5.56 Å². The molecule has 0 saturated carbocycles. The van der Waals surface area contributed by atoms with Crippen LogP contribution in [0.15, 0.2) is 17.1 Å². The van der Waals surface area contributed by atoms with E-state index < -0.39 is 0 Å². The van der Waals surface area contributed by atoms with Gasteiger partial charge in [0.25, 0.3) is 11.5 Å². The molecule has 1 saturated heterocycles. The van der Waals surface area contributed by atoms with Gasteiger partial charge in [0, 0.05) is 56.5 Å². The van der Waals surface area contributed by atoms with Crippen molar-refractivity contribution in [3.8, 4) is 0 Å². The monoisotopic (exact) mass is 341 g/mol. The Balaban J connectivity index is 1.66. The minimum absolute atomic E-state index is 0.0143. The van der Waals surface area contributed by atoms with Crippen molar-refractivity contribution in [3.05, 3.63) is 45.4 Å². The van der Waals surface area contributed by atoms with Gasteiger partial charge in [-0.1, -0.05) is 0 Å². The third-order valence-electron chi connectivity index (χ3n) is 5.46. The second-order valence-electron chi connectivity index (χ2n) is 7.03. The van der Waals surface area contributed by atoms with Crippen molar-refractivity contribution in [3.63, 3.8) is 0 Å². The van der Waals surface area contributed by atoms with Crippen LogP contribution >= 0.6 is 0 Å². The zero-order valence-corrected chi connectivity index (χ0v) is 14.7. The van der Waals surface area contributed by atoms with E-state index in [0.717, 1.165) is 55.9 Å². The molecule has 4 rings (SSSR count). The summed E-state index contributed by atoms with van der Waals surface area (Å²) in [6.07, 6.45) is 5.49. The molecule has 7 heteroatoms. The number of hydrogen-bond donors (Lipinski definition) is 0. The van der Waals surface area contributed by atoms with Crippen LogP contribution in [-0.4, -0.2) is 43.2 Å². The van der Waals surface area contributed by atoms with Gasteiger partial charge in [-0.3, -0.25) is 14.3 Å². The highest BCUT2D eigenvalue weighted by Gasteiger charge is 2.31. The number of carbonyl (C=O) groups excluding carboxylic acids is 1. The van der Waals surface area contributed by atoms with Crippen molar-refractivity contribution in [2.75, 3.05) is 13.1 Å². The molecule has 2 aliphatic heterocycles. The van der Waals surface area contributed by atoms with E-state index in [9.17, 15) is 9.59 Å². The van der Waals surface area contributed by atoms with Gasteiger partial charge in [0.1, 0.15) is 11.5 Å². The predicted molar refractivity (Wildman–Crippen MR) is 92.6 cm³/mol. The average molecular weight is 341 g/mol. The summed E-state index contributed by atoms with van der Waals surface area (Å²) < 4.78 is 3.84. The third kappa shape index (κ3) is 2.67. The molecule has 2 aliphatic rings. The van der Waals surface area contributed by atoms with E-state index in [1.54, 1.807) is 24.0 Å². The highest BCUT2D eigenvalue weighted by atomic mass is 16.2. The maximum absolute atomic E-state index is 12.8. The molecule has 7 nitrogen and oxygen atoms in total. The van der Waals surface area contributed by atoms with Gasteiger partial charge in [-0.25, -0.2) is 0 Å². The van der Waals surface area contributed by atoms with Crippen molar-refractivity contribution in [2.24, 2.45) is 7.05 Å². The zero-order valence-electron chi connectivity index (χ0n) is 14.7. The van der Waals surface area contributed by atoms with Crippen LogP contribution in [0.1, 0.15) is 52.8 Å². The van der Waals surface area contributed by atoms with E-state index in [1.807, 2.05) is 11.8 Å². The first kappa shape index (κ1) is 16.1. The minimum Gasteiger partial charge on any atom is -0.337 e. The highest BCUT2D eigenvalue weighted by molar-refractivity contribution is 5.92. The SMILES string of the molecule is Cc1c([C@@H]2CCCN(C(=O)c3ccnn3C)C2)n2c(nc1=O)CCC2. The lowest BCUT2D eigenvalue weighted by atomic mass is 9.91. The number of hydrogen-bond acceptors (Lipinski definition) is 4. The normalized spacial score (nSPS) is 19.9. The fourth-order valence-corrected chi connectivity index (χ4v) is 4.21. The number of fused-ring (bicyclic) bond motifs is 1. The molecule has 0 unspecified atom stereocenters. The molecule has 0 spiro atoms. The number of likely N-dealkylation sites (tertiary alicyclic amines) is 1. The first-order chi connectivity index (χ1) is 12.1. The lowest BCUT2D eigenvalue weighted by Gasteiger charge is -2.34. The van der Waals surface area contributed by atoms with Crippen molar-refractivity contribution in [2.45, 2.75) is 45.1 Å². The second-order valence-corrected chi connectivity index (χ2v) is 7.03. The Morgan fingerprint density at radius 1 is 1.28 bits per heavy atom. The lowest BCUT2D eigenvalue weighted by Crippen LogP contribution is -2.41. The molecule has 2 aromatic rings. The third-order valence-corrected chi connectivity index (χ3v) is 5.46. The summed E-state index contributed by atoms with van der Waals surface area (Å²) >= 11 is 0. The Morgan fingerprint density at radius 3 is 2.88 bits per heavy atom. The van der Waals surface area contributed by atoms with Crippen molar-refractivity contribution >= 4 is 5.91 Å². The van der Waals surface area contributed by atoms with Gasteiger partial charge in [0.2, 0.25) is 0 Å². The van der Waals surface area contributed by atoms with E-state index in [1.165, 1.54) is 0 Å². The first-order valence-corrected chi connectivity index (χ1v) is 8.93. The molecule has 1 atom stereocenters. The molecule has 1 amide bonds. The Morgan fingerprint density at radius 2 is 2.12 bits per heavy atom. The molecule has 25 heavy (non-hydrogen) atoms. The summed E-state index contributed by atoms with van der Waals surface area (Å²) in [5.74, 6) is 1.11. The number of aromatic nitrogens is 4. The fourth-order valence-electron chi connectivity index (χ4n) is 4.21. The van der Waals surface area contributed by atoms with Crippen molar-refractivity contribution in [1.29, 1.82) is 0 Å².